The van der Waals surface area contributed by atoms with Crippen LogP contribution in [-0.4, -0.2) is 32.1 Å². The highest BCUT2D eigenvalue weighted by molar-refractivity contribution is 7.98. The van der Waals surface area contributed by atoms with Gasteiger partial charge in [0.05, 0.1) is 22.0 Å². The number of phenolic OH excluding ortho intramolecular Hbond substituents is 2. The van der Waals surface area contributed by atoms with Gasteiger partial charge in [0.25, 0.3) is 11.4 Å². The minimum absolute atomic E-state index is 0.333. The Labute approximate surface area is 318 Å². The standard InChI is InChI=1S/C40H32N6O8S/c47-37-24-30(45(51)52)19-21-35(37)43(39(49)41-33-17-9-7-13-28(33)23-27-11-3-1-4-12-27)44(36-22-20-31(46(53)54)25-38(36)48)40(50)42-34-18-10-8-14-29(34)26-55-32-15-5-2-6-16-32/h1-22,24-25,47-48H,23,26H2,(H,41,49)(H,42,50). The number of nitrogens with one attached hydrogen (secondary N) is 2. The van der Waals surface area contributed by atoms with Crippen LogP contribution in [0.3, 0.4) is 0 Å². The van der Waals surface area contributed by atoms with E-state index in [9.17, 15) is 40.0 Å². The fourth-order valence-electron chi connectivity index (χ4n) is 5.62. The van der Waals surface area contributed by atoms with Gasteiger partial charge >= 0.3 is 12.1 Å². The molecule has 6 aromatic rings. The molecule has 0 saturated carbocycles. The van der Waals surface area contributed by atoms with Crippen LogP contribution >= 0.6 is 11.8 Å². The molecule has 0 atom stereocenters. The molecule has 0 saturated heterocycles. The molecule has 4 N–H and O–H groups in total. The maximum absolute atomic E-state index is 14.6. The van der Waals surface area contributed by atoms with Gasteiger partial charge in [0.2, 0.25) is 0 Å². The van der Waals surface area contributed by atoms with Gasteiger partial charge in [-0.3, -0.25) is 20.2 Å². The van der Waals surface area contributed by atoms with Crippen LogP contribution in [0.2, 0.25) is 0 Å². The van der Waals surface area contributed by atoms with Crippen LogP contribution in [0.1, 0.15) is 16.7 Å². The Morgan fingerprint density at radius 3 is 1.51 bits per heavy atom. The number of para-hydroxylation sites is 2. The summed E-state index contributed by atoms with van der Waals surface area (Å²) in [4.78, 5) is 52.0. The van der Waals surface area contributed by atoms with Crippen molar-refractivity contribution in [3.63, 3.8) is 0 Å². The summed E-state index contributed by atoms with van der Waals surface area (Å²) in [5.74, 6) is -1.10. The van der Waals surface area contributed by atoms with Gasteiger partial charge in [-0.05, 0) is 59.5 Å². The first-order valence-corrected chi connectivity index (χ1v) is 17.6. The first kappa shape index (κ1) is 37.4. The largest absolute Gasteiger partial charge is 0.505 e. The molecule has 6 aromatic carbocycles. The molecule has 0 fully saturated rings. The SMILES string of the molecule is O=C(Nc1ccccc1CSc1ccccc1)N(c1ccc([N+](=O)[O-])cc1O)N(C(=O)Nc1ccccc1Cc1ccccc1)c1ccc([N+](=O)[O-])cc1O. The number of hydrogen-bond acceptors (Lipinski definition) is 9. The molecule has 276 valence electrons. The highest BCUT2D eigenvalue weighted by Crippen LogP contribution is 2.39. The van der Waals surface area contributed by atoms with Crippen molar-refractivity contribution in [3.8, 4) is 11.5 Å². The number of hydrogen-bond donors (Lipinski definition) is 4. The summed E-state index contributed by atoms with van der Waals surface area (Å²) in [6.07, 6.45) is 0.408. The van der Waals surface area contributed by atoms with Gasteiger partial charge in [-0.2, -0.15) is 10.0 Å². The van der Waals surface area contributed by atoms with E-state index in [1.54, 1.807) is 48.5 Å². The lowest BCUT2D eigenvalue weighted by atomic mass is 10.0. The van der Waals surface area contributed by atoms with Gasteiger partial charge in [0.1, 0.15) is 22.9 Å². The molecule has 0 spiro atoms. The van der Waals surface area contributed by atoms with E-state index in [0.29, 0.717) is 44.7 Å². The number of urea groups is 2. The molecule has 0 bridgehead atoms. The van der Waals surface area contributed by atoms with Crippen LogP contribution in [0.15, 0.2) is 150 Å². The molecule has 0 aliphatic carbocycles. The number of nitro groups is 2. The summed E-state index contributed by atoms with van der Waals surface area (Å²) < 4.78 is 0. The Hall–Kier alpha value is -7.39. The molecule has 6 rings (SSSR count). The highest BCUT2D eigenvalue weighted by Gasteiger charge is 2.35. The van der Waals surface area contributed by atoms with Gasteiger partial charge in [-0.15, -0.1) is 11.8 Å². The lowest BCUT2D eigenvalue weighted by molar-refractivity contribution is -0.385. The van der Waals surface area contributed by atoms with Crippen LogP contribution < -0.4 is 20.7 Å². The molecule has 15 heteroatoms. The third-order valence-corrected chi connectivity index (χ3v) is 9.33. The molecule has 55 heavy (non-hydrogen) atoms. The Morgan fingerprint density at radius 2 is 1.02 bits per heavy atom. The fourth-order valence-corrected chi connectivity index (χ4v) is 6.54. The maximum Gasteiger partial charge on any atom is 0.346 e. The molecule has 0 radical (unpaired) electrons. The van der Waals surface area contributed by atoms with Crippen molar-refractivity contribution in [1.82, 2.24) is 0 Å². The van der Waals surface area contributed by atoms with Crippen LogP contribution in [0, 0.1) is 20.2 Å². The molecule has 14 nitrogen and oxygen atoms in total. The number of thioether (sulfide) groups is 1. The van der Waals surface area contributed by atoms with Gasteiger partial charge in [0.15, 0.2) is 0 Å². The van der Waals surface area contributed by atoms with Crippen molar-refractivity contribution in [3.05, 3.63) is 183 Å². The van der Waals surface area contributed by atoms with Crippen molar-refractivity contribution in [1.29, 1.82) is 0 Å². The molecular weight excluding hydrogens is 725 g/mol. The lowest BCUT2D eigenvalue weighted by Crippen LogP contribution is -2.54. The Kier molecular flexibility index (Phi) is 11.5. The number of hydrazine groups is 1. The van der Waals surface area contributed by atoms with Gasteiger partial charge in [-0.25, -0.2) is 9.59 Å². The summed E-state index contributed by atoms with van der Waals surface area (Å²) in [5.41, 5.74) is 1.19. The molecule has 0 aromatic heterocycles. The number of anilines is 4. The summed E-state index contributed by atoms with van der Waals surface area (Å²) in [7, 11) is 0. The monoisotopic (exact) mass is 756 g/mol. The molecule has 0 aliphatic heterocycles. The van der Waals surface area contributed by atoms with Crippen molar-refractivity contribution >= 4 is 57.9 Å². The first-order chi connectivity index (χ1) is 26.6. The maximum atomic E-state index is 14.6. The van der Waals surface area contributed by atoms with Crippen molar-refractivity contribution in [2.45, 2.75) is 17.1 Å². The molecular formula is C40H32N6O8S. The minimum atomic E-state index is -1.04. The number of non-ortho nitro benzene ring substituents is 2. The van der Waals surface area contributed by atoms with Crippen LogP contribution in [0.25, 0.3) is 0 Å². The van der Waals surface area contributed by atoms with E-state index in [-0.39, 0.29) is 0 Å². The summed E-state index contributed by atoms with van der Waals surface area (Å²) in [5, 5.41) is 52.6. The summed E-state index contributed by atoms with van der Waals surface area (Å²) in [6, 6.07) is 36.6. The highest BCUT2D eigenvalue weighted by atomic mass is 32.2. The van der Waals surface area contributed by atoms with E-state index in [0.717, 1.165) is 46.9 Å². The number of carbonyl (C=O) groups is 2. The van der Waals surface area contributed by atoms with Gasteiger partial charge < -0.3 is 20.8 Å². The van der Waals surface area contributed by atoms with E-state index in [2.05, 4.69) is 10.6 Å². The molecule has 4 amide bonds. The molecule has 0 unspecified atom stereocenters. The van der Waals surface area contributed by atoms with Crippen LogP contribution in [0.4, 0.5) is 43.7 Å². The zero-order valence-electron chi connectivity index (χ0n) is 28.8. The van der Waals surface area contributed by atoms with Crippen molar-refractivity contribution in [2.75, 3.05) is 20.7 Å². The number of carbonyl (C=O) groups excluding carboxylic acids is 2. The Morgan fingerprint density at radius 1 is 0.582 bits per heavy atom. The van der Waals surface area contributed by atoms with E-state index >= 15 is 0 Å². The zero-order valence-corrected chi connectivity index (χ0v) is 29.6. The number of amides is 4. The Bertz CT molecular complexity index is 2360. The number of phenols is 2. The van der Waals surface area contributed by atoms with Gasteiger partial charge in [0, 0.05) is 34.2 Å². The topological polar surface area (TPSA) is 191 Å². The van der Waals surface area contributed by atoms with E-state index in [1.165, 1.54) is 11.8 Å². The average molecular weight is 757 g/mol. The van der Waals surface area contributed by atoms with Gasteiger partial charge in [-0.1, -0.05) is 84.9 Å². The minimum Gasteiger partial charge on any atom is -0.505 e. The smallest absolute Gasteiger partial charge is 0.346 e. The van der Waals surface area contributed by atoms with Crippen LogP contribution in [-0.2, 0) is 12.2 Å². The summed E-state index contributed by atoms with van der Waals surface area (Å²) >= 11 is 1.51. The normalized spacial score (nSPS) is 10.6. The van der Waals surface area contributed by atoms with Crippen LogP contribution in [0.5, 0.6) is 11.5 Å². The van der Waals surface area contributed by atoms with E-state index in [4.69, 9.17) is 0 Å². The second-order valence-electron chi connectivity index (χ2n) is 11.9. The first-order valence-electron chi connectivity index (χ1n) is 16.6. The number of nitrogens with zero attached hydrogens (tertiary/aromatic N) is 4. The molecule has 0 aliphatic rings. The fraction of sp³-hybridized carbons (Fsp3) is 0.0500. The number of rotatable bonds is 11. The second-order valence-corrected chi connectivity index (χ2v) is 13.0. The summed E-state index contributed by atoms with van der Waals surface area (Å²) in [6.45, 7) is 0. The van der Waals surface area contributed by atoms with Crippen molar-refractivity contribution < 1.29 is 29.6 Å². The van der Waals surface area contributed by atoms with Crippen molar-refractivity contribution in [2.24, 2.45) is 0 Å². The van der Waals surface area contributed by atoms with E-state index < -0.39 is 56.2 Å². The lowest BCUT2D eigenvalue weighted by Gasteiger charge is -2.35. The molecule has 0 heterocycles. The van der Waals surface area contributed by atoms with E-state index in [1.807, 2.05) is 60.7 Å². The Balaban J connectivity index is 1.46. The average Bonchev–Trinajstić information content (AvgIpc) is 3.18. The quantitative estimate of drug-likeness (QED) is 0.0566. The predicted molar refractivity (Wildman–Crippen MR) is 211 cm³/mol. The zero-order chi connectivity index (χ0) is 38.9. The number of nitro benzene ring substituents is 2. The third kappa shape index (κ3) is 8.98. The number of aromatic hydroxyl groups is 2. The second kappa shape index (κ2) is 17.0. The third-order valence-electron chi connectivity index (χ3n) is 8.27. The number of benzene rings is 6. The predicted octanol–water partition coefficient (Wildman–Crippen LogP) is 9.49.